The molecule has 1 aromatic heterocycles. The van der Waals surface area contributed by atoms with Crippen molar-refractivity contribution in [3.63, 3.8) is 0 Å². The molecule has 0 saturated carbocycles. The first-order valence-electron chi connectivity index (χ1n) is 6.50. The summed E-state index contributed by atoms with van der Waals surface area (Å²) in [6, 6.07) is 5.25. The zero-order chi connectivity index (χ0) is 15.4. The van der Waals surface area contributed by atoms with E-state index in [1.54, 1.807) is 13.0 Å². The van der Waals surface area contributed by atoms with Crippen LogP contribution in [0.1, 0.15) is 28.8 Å². The molecule has 0 radical (unpaired) electrons. The lowest BCUT2D eigenvalue weighted by atomic mass is 10.1. The monoisotopic (exact) mass is 303 g/mol. The summed E-state index contributed by atoms with van der Waals surface area (Å²) in [5.74, 6) is -0.0810. The highest BCUT2D eigenvalue weighted by molar-refractivity contribution is 7.09. The van der Waals surface area contributed by atoms with Crippen LogP contribution in [0.4, 0.5) is 0 Å². The molecule has 2 N–H and O–H groups in total. The molecule has 0 bridgehead atoms. The van der Waals surface area contributed by atoms with Gasteiger partial charge in [-0.15, -0.1) is 11.3 Å². The number of thiazole rings is 1. The smallest absolute Gasteiger partial charge is 0.246 e. The predicted molar refractivity (Wildman–Crippen MR) is 83.8 cm³/mol. The van der Waals surface area contributed by atoms with Crippen LogP contribution in [0.3, 0.4) is 0 Å². The summed E-state index contributed by atoms with van der Waals surface area (Å²) in [5.41, 5.74) is 5.58. The summed E-state index contributed by atoms with van der Waals surface area (Å²) < 4.78 is 0. The fourth-order valence-corrected chi connectivity index (χ4v) is 2.58. The molecule has 1 amide bonds. The number of hydrogen-bond donors (Lipinski definition) is 2. The molecule has 2 aromatic rings. The molecule has 0 fully saturated rings. The van der Waals surface area contributed by atoms with Crippen LogP contribution in [0.5, 0.6) is 5.75 Å². The molecule has 0 atom stereocenters. The zero-order valence-electron chi connectivity index (χ0n) is 12.2. The summed E-state index contributed by atoms with van der Waals surface area (Å²) in [6.07, 6.45) is 0.203. The largest absolute Gasteiger partial charge is 0.507 e. The first-order valence-corrected chi connectivity index (χ1v) is 7.38. The molecule has 0 aliphatic carbocycles. The Bertz CT molecular complexity index is 692. The molecule has 1 heterocycles. The van der Waals surface area contributed by atoms with E-state index >= 15 is 0 Å². The van der Waals surface area contributed by atoms with Crippen LogP contribution in [0.2, 0.25) is 0 Å². The van der Waals surface area contributed by atoms with E-state index in [2.05, 4.69) is 15.5 Å². The fraction of sp³-hybridized carbons (Fsp3) is 0.267. The van der Waals surface area contributed by atoms with Crippen LogP contribution in [0, 0.1) is 13.8 Å². The van der Waals surface area contributed by atoms with E-state index in [9.17, 15) is 9.90 Å². The second-order valence-corrected chi connectivity index (χ2v) is 5.75. The Balaban J connectivity index is 2.02. The van der Waals surface area contributed by atoms with E-state index in [-0.39, 0.29) is 18.1 Å². The van der Waals surface area contributed by atoms with Gasteiger partial charge in [0.2, 0.25) is 5.91 Å². The first kappa shape index (κ1) is 15.2. The van der Waals surface area contributed by atoms with E-state index in [1.807, 2.05) is 31.4 Å². The second-order valence-electron chi connectivity index (χ2n) is 4.81. The van der Waals surface area contributed by atoms with Crippen molar-refractivity contribution in [2.24, 2.45) is 5.10 Å². The number of hydrazone groups is 1. The van der Waals surface area contributed by atoms with Gasteiger partial charge in [-0.1, -0.05) is 11.6 Å². The molecule has 1 aromatic carbocycles. The Kier molecular flexibility index (Phi) is 4.70. The van der Waals surface area contributed by atoms with Gasteiger partial charge in [0.1, 0.15) is 10.8 Å². The summed E-state index contributed by atoms with van der Waals surface area (Å²) >= 11 is 1.45. The lowest BCUT2D eigenvalue weighted by molar-refractivity contribution is -0.120. The fourth-order valence-electron chi connectivity index (χ4n) is 1.81. The van der Waals surface area contributed by atoms with Crippen molar-refractivity contribution in [3.05, 3.63) is 45.4 Å². The molecule has 0 spiro atoms. The molecule has 5 nitrogen and oxygen atoms in total. The highest BCUT2D eigenvalue weighted by atomic mass is 32.1. The Labute approximate surface area is 127 Å². The summed E-state index contributed by atoms with van der Waals surface area (Å²) in [7, 11) is 0. The molecule has 110 valence electrons. The van der Waals surface area contributed by atoms with Gasteiger partial charge in [-0.2, -0.15) is 5.10 Å². The van der Waals surface area contributed by atoms with Crippen LogP contribution in [-0.4, -0.2) is 21.7 Å². The topological polar surface area (TPSA) is 74.6 Å². The van der Waals surface area contributed by atoms with Gasteiger partial charge in [-0.05, 0) is 32.9 Å². The van der Waals surface area contributed by atoms with Gasteiger partial charge < -0.3 is 5.11 Å². The molecule has 0 saturated heterocycles. The van der Waals surface area contributed by atoms with Crippen LogP contribution in [-0.2, 0) is 11.2 Å². The predicted octanol–water partition coefficient (Wildman–Crippen LogP) is 2.55. The number of carbonyl (C=O) groups excluding carboxylic acids is 1. The molecular weight excluding hydrogens is 286 g/mol. The number of rotatable bonds is 4. The van der Waals surface area contributed by atoms with Crippen LogP contribution in [0.15, 0.2) is 28.7 Å². The summed E-state index contributed by atoms with van der Waals surface area (Å²) in [5, 5.41) is 16.5. The zero-order valence-corrected chi connectivity index (χ0v) is 13.0. The van der Waals surface area contributed by atoms with Crippen molar-refractivity contribution in [2.45, 2.75) is 27.2 Å². The Morgan fingerprint density at radius 3 is 2.86 bits per heavy atom. The number of nitrogens with zero attached hydrogens (tertiary/aromatic N) is 2. The molecule has 6 heteroatoms. The molecular formula is C15H17N3O2S. The third-order valence-corrected chi connectivity index (χ3v) is 3.84. The summed E-state index contributed by atoms with van der Waals surface area (Å²) in [4.78, 5) is 16.0. The minimum absolute atomic E-state index is 0.145. The molecule has 0 aliphatic heterocycles. The van der Waals surface area contributed by atoms with E-state index in [0.717, 1.165) is 16.3 Å². The van der Waals surface area contributed by atoms with Gasteiger partial charge in [0.25, 0.3) is 0 Å². The number of aromatic nitrogens is 1. The maximum Gasteiger partial charge on any atom is 0.246 e. The van der Waals surface area contributed by atoms with Gasteiger partial charge in [-0.25, -0.2) is 10.4 Å². The van der Waals surface area contributed by atoms with Crippen LogP contribution >= 0.6 is 11.3 Å². The second kappa shape index (κ2) is 6.49. The first-order chi connectivity index (χ1) is 9.95. The number of nitrogens with one attached hydrogen (secondary N) is 1. The van der Waals surface area contributed by atoms with E-state index in [0.29, 0.717) is 11.3 Å². The van der Waals surface area contributed by atoms with E-state index in [4.69, 9.17) is 0 Å². The van der Waals surface area contributed by atoms with Crippen LogP contribution < -0.4 is 5.43 Å². The number of aromatic hydroxyl groups is 1. The standard InChI is InChI=1S/C15H17N3O2S/c1-9-4-5-13(19)12(6-9)11(3)17-18-14(20)7-15-16-10(2)8-21-15/h4-6,8,19H,7H2,1-3H3,(H,18,20)/b17-11+. The van der Waals surface area contributed by atoms with E-state index < -0.39 is 0 Å². The summed E-state index contributed by atoms with van der Waals surface area (Å²) in [6.45, 7) is 5.56. The van der Waals surface area contributed by atoms with E-state index in [1.165, 1.54) is 11.3 Å². The van der Waals surface area contributed by atoms with Crippen molar-refractivity contribution in [1.82, 2.24) is 10.4 Å². The van der Waals surface area contributed by atoms with Crippen molar-refractivity contribution >= 4 is 23.0 Å². The highest BCUT2D eigenvalue weighted by Gasteiger charge is 2.08. The maximum absolute atomic E-state index is 11.8. The number of carbonyl (C=O) groups is 1. The van der Waals surface area contributed by atoms with Gasteiger partial charge in [0, 0.05) is 16.6 Å². The van der Waals surface area contributed by atoms with Gasteiger partial charge in [-0.3, -0.25) is 4.79 Å². The molecule has 0 aliphatic rings. The van der Waals surface area contributed by atoms with Crippen molar-refractivity contribution in [1.29, 1.82) is 0 Å². The minimum atomic E-state index is -0.226. The number of phenols is 1. The van der Waals surface area contributed by atoms with Gasteiger partial charge >= 0.3 is 0 Å². The number of benzene rings is 1. The number of aryl methyl sites for hydroxylation is 2. The Hall–Kier alpha value is -2.21. The normalized spacial score (nSPS) is 11.5. The van der Waals surface area contributed by atoms with Crippen molar-refractivity contribution < 1.29 is 9.90 Å². The lowest BCUT2D eigenvalue weighted by Gasteiger charge is -2.05. The Morgan fingerprint density at radius 2 is 2.19 bits per heavy atom. The third-order valence-electron chi connectivity index (χ3n) is 2.87. The van der Waals surface area contributed by atoms with Gasteiger partial charge in [0.15, 0.2) is 0 Å². The quantitative estimate of drug-likeness (QED) is 0.673. The lowest BCUT2D eigenvalue weighted by Crippen LogP contribution is -2.21. The number of hydrogen-bond acceptors (Lipinski definition) is 5. The molecule has 2 rings (SSSR count). The molecule has 0 unspecified atom stereocenters. The third kappa shape index (κ3) is 4.13. The number of amides is 1. The van der Waals surface area contributed by atoms with Crippen LogP contribution in [0.25, 0.3) is 0 Å². The average Bonchev–Trinajstić information content (AvgIpc) is 2.84. The maximum atomic E-state index is 11.8. The SMILES string of the molecule is C/C(=N\NC(=O)Cc1nc(C)cs1)c1cc(C)ccc1O. The molecule has 21 heavy (non-hydrogen) atoms. The van der Waals surface area contributed by atoms with Crippen molar-refractivity contribution in [2.75, 3.05) is 0 Å². The Morgan fingerprint density at radius 1 is 1.43 bits per heavy atom. The van der Waals surface area contributed by atoms with Gasteiger partial charge in [0.05, 0.1) is 12.1 Å². The minimum Gasteiger partial charge on any atom is -0.507 e. The average molecular weight is 303 g/mol. The van der Waals surface area contributed by atoms with Crippen molar-refractivity contribution in [3.8, 4) is 5.75 Å². The highest BCUT2D eigenvalue weighted by Crippen LogP contribution is 2.18. The number of phenolic OH excluding ortho intramolecular Hbond substituents is 1.